The molecule has 0 spiro atoms. The van der Waals surface area contributed by atoms with Crippen LogP contribution in [-0.2, 0) is 15.5 Å². The van der Waals surface area contributed by atoms with Crippen molar-refractivity contribution in [2.24, 2.45) is 0 Å². The zero-order chi connectivity index (χ0) is 11.4. The fourth-order valence-electron chi connectivity index (χ4n) is 1.17. The van der Waals surface area contributed by atoms with Crippen LogP contribution < -0.4 is 9.79 Å². The van der Waals surface area contributed by atoms with Crippen LogP contribution in [0.25, 0.3) is 0 Å². The summed E-state index contributed by atoms with van der Waals surface area (Å²) in [4.78, 5) is 17.0. The van der Waals surface area contributed by atoms with Gasteiger partial charge in [-0.3, -0.25) is 0 Å². The van der Waals surface area contributed by atoms with Crippen LogP contribution in [0.1, 0.15) is 40.0 Å². The first-order valence-corrected chi connectivity index (χ1v) is 7.86. The van der Waals surface area contributed by atoms with E-state index in [4.69, 9.17) is 14.4 Å². The van der Waals surface area contributed by atoms with Crippen molar-refractivity contribution < 1.29 is 19.8 Å². The Balaban J connectivity index is -0.000000105. The van der Waals surface area contributed by atoms with E-state index in [1.165, 1.54) is 36.5 Å². The molecule has 0 aliphatic heterocycles. The van der Waals surface area contributed by atoms with Gasteiger partial charge in [0.05, 0.1) is 0 Å². The minimum absolute atomic E-state index is 0. The molecule has 16 heavy (non-hydrogen) atoms. The van der Waals surface area contributed by atoms with Gasteiger partial charge in [-0.25, -0.2) is 0 Å². The van der Waals surface area contributed by atoms with Gasteiger partial charge in [0.25, 0.3) is 8.25 Å². The molecule has 4 nitrogen and oxygen atoms in total. The minimum atomic E-state index is -3.37. The molecule has 0 bridgehead atoms. The smallest absolute Gasteiger partial charge is 0.870 e. The first kappa shape index (κ1) is 26.2. The van der Waals surface area contributed by atoms with Gasteiger partial charge in [0, 0.05) is 0 Å². The normalized spacial score (nSPS) is 8.38. The van der Waals surface area contributed by atoms with Crippen molar-refractivity contribution in [3.8, 4) is 0 Å². The van der Waals surface area contributed by atoms with Crippen molar-refractivity contribution in [3.63, 3.8) is 0 Å². The molecule has 94 valence electrons. The maximum atomic E-state index is 8.48. The van der Waals surface area contributed by atoms with Crippen LogP contribution in [0.5, 0.6) is 0 Å². The number of hydrogen-bond acceptors (Lipinski definition) is 4. The molecule has 0 radical (unpaired) electrons. The first-order valence-electron chi connectivity index (χ1n) is 5.04. The summed E-state index contributed by atoms with van der Waals surface area (Å²) in [6, 6.07) is 0. The Labute approximate surface area is 133 Å². The van der Waals surface area contributed by atoms with E-state index in [-0.39, 0.29) is 43.2 Å². The maximum absolute atomic E-state index is 8.48. The van der Waals surface area contributed by atoms with Gasteiger partial charge in [-0.15, -0.1) is 0 Å². The molecule has 0 aromatic heterocycles. The third kappa shape index (κ3) is 29.6. The summed E-state index contributed by atoms with van der Waals surface area (Å²) in [6.07, 6.45) is 4.13. The molecular weight excluding hydrogens is 275 g/mol. The van der Waals surface area contributed by atoms with E-state index >= 15 is 0 Å². The summed E-state index contributed by atoms with van der Waals surface area (Å²) in [5, 5.41) is 0. The van der Waals surface area contributed by atoms with Gasteiger partial charge in [0.1, 0.15) is 17.3 Å². The standard InChI is InChI=1S/C9H21S.Ca.HO3P.H2O/c1-4-7-10(8-5-2)9-6-3;;1-4(2)3;/h4-9H2,1-3H3;;(H,1,2,3);1H2/q+1;+2;;/p-2. The number of rotatable bonds is 6. The first-order chi connectivity index (χ1) is 6.58. The van der Waals surface area contributed by atoms with Gasteiger partial charge < -0.3 is 15.3 Å². The van der Waals surface area contributed by atoms with Crippen LogP contribution in [0.15, 0.2) is 0 Å². The van der Waals surface area contributed by atoms with Crippen molar-refractivity contribution >= 4 is 56.9 Å². The van der Waals surface area contributed by atoms with Crippen LogP contribution in [0, 0.1) is 0 Å². The second kappa shape index (κ2) is 21.8. The summed E-state index contributed by atoms with van der Waals surface area (Å²) < 4.78 is 8.48. The topological polar surface area (TPSA) is 93.2 Å². The van der Waals surface area contributed by atoms with Crippen molar-refractivity contribution in [1.82, 2.24) is 0 Å². The Hall–Kier alpha value is 1.59. The largest absolute Gasteiger partial charge is 2.00 e. The SMILES string of the molecule is CCC[S+](CCC)CCC.O=[P+]([O-])[O-].[Ca+2].[OH-]. The Morgan fingerprint density at radius 3 is 1.25 bits per heavy atom. The quantitative estimate of drug-likeness (QED) is 0.408. The van der Waals surface area contributed by atoms with Crippen molar-refractivity contribution in [1.29, 1.82) is 0 Å². The van der Waals surface area contributed by atoms with Crippen LogP contribution in [0.2, 0.25) is 0 Å². The Morgan fingerprint density at radius 2 is 1.12 bits per heavy atom. The second-order valence-electron chi connectivity index (χ2n) is 2.95. The van der Waals surface area contributed by atoms with Crippen LogP contribution in [0.4, 0.5) is 0 Å². The number of hydrogen-bond donors (Lipinski definition) is 0. The molecule has 0 aliphatic rings. The average molecular weight is 297 g/mol. The molecule has 7 heteroatoms. The van der Waals surface area contributed by atoms with E-state index in [1.807, 2.05) is 0 Å². The van der Waals surface area contributed by atoms with E-state index in [0.29, 0.717) is 0 Å². The molecule has 0 rings (SSSR count). The summed E-state index contributed by atoms with van der Waals surface area (Å²) in [5.74, 6) is 4.42. The third-order valence-electron chi connectivity index (χ3n) is 1.48. The molecule has 0 aromatic rings. The van der Waals surface area contributed by atoms with E-state index < -0.39 is 8.25 Å². The van der Waals surface area contributed by atoms with Gasteiger partial charge in [0.15, 0.2) is 0 Å². The molecule has 0 heterocycles. The van der Waals surface area contributed by atoms with Gasteiger partial charge in [-0.2, -0.15) is 0 Å². The fraction of sp³-hybridized carbons (Fsp3) is 1.00. The summed E-state index contributed by atoms with van der Waals surface area (Å²) in [5.41, 5.74) is 0. The summed E-state index contributed by atoms with van der Waals surface area (Å²) in [6.45, 7) is 6.89. The van der Waals surface area contributed by atoms with Gasteiger partial charge >= 0.3 is 37.7 Å². The molecule has 1 N–H and O–H groups in total. The third-order valence-corrected chi connectivity index (χ3v) is 4.44. The predicted octanol–water partition coefficient (Wildman–Crippen LogP) is 0.641. The van der Waals surface area contributed by atoms with E-state index in [0.717, 1.165) is 10.9 Å². The maximum Gasteiger partial charge on any atom is 2.00 e. The summed E-state index contributed by atoms with van der Waals surface area (Å²) in [7, 11) is -2.59. The molecular formula is C9H22CaO4PS+. The molecule has 0 aliphatic carbocycles. The zero-order valence-corrected chi connectivity index (χ0v) is 14.4. The predicted molar refractivity (Wildman–Crippen MR) is 68.1 cm³/mol. The van der Waals surface area contributed by atoms with Gasteiger partial charge in [-0.05, 0) is 30.2 Å². The zero-order valence-electron chi connectivity index (χ0n) is 10.5. The Kier molecular flexibility index (Phi) is 35.8. The molecule has 0 amide bonds. The van der Waals surface area contributed by atoms with E-state index in [9.17, 15) is 0 Å². The van der Waals surface area contributed by atoms with Gasteiger partial charge in [0.2, 0.25) is 0 Å². The van der Waals surface area contributed by atoms with E-state index in [2.05, 4.69) is 20.8 Å². The van der Waals surface area contributed by atoms with Crippen molar-refractivity contribution in [2.75, 3.05) is 17.3 Å². The molecule has 0 aromatic carbocycles. The molecule has 0 unspecified atom stereocenters. The van der Waals surface area contributed by atoms with Crippen molar-refractivity contribution in [3.05, 3.63) is 0 Å². The summed E-state index contributed by atoms with van der Waals surface area (Å²) >= 11 is 0. The molecule has 0 fully saturated rings. The van der Waals surface area contributed by atoms with Crippen molar-refractivity contribution in [2.45, 2.75) is 40.0 Å². The molecule has 0 saturated carbocycles. The average Bonchev–Trinajstić information content (AvgIpc) is 2.04. The van der Waals surface area contributed by atoms with Crippen LogP contribution >= 0.6 is 8.25 Å². The van der Waals surface area contributed by atoms with Crippen LogP contribution in [-0.4, -0.2) is 60.5 Å². The van der Waals surface area contributed by atoms with Gasteiger partial charge in [-0.1, -0.05) is 25.3 Å². The minimum Gasteiger partial charge on any atom is -0.870 e. The Morgan fingerprint density at radius 1 is 0.938 bits per heavy atom. The van der Waals surface area contributed by atoms with Crippen LogP contribution in [0.3, 0.4) is 0 Å². The Bertz CT molecular complexity index is 122. The fourth-order valence-corrected chi connectivity index (χ4v) is 3.52. The second-order valence-corrected chi connectivity index (χ2v) is 5.85. The monoisotopic (exact) mass is 297 g/mol. The molecule has 0 saturated heterocycles. The van der Waals surface area contributed by atoms with E-state index in [1.54, 1.807) is 0 Å². The molecule has 0 atom stereocenters.